The standard InChI is InChI=1S/C19H23N3O2/c1-14-6-8-16(9-7-14)10-11-18(23)20-13-12-19(24)22-17-5-3-4-15(2)21-17/h3-9H,10-13H2,1-2H3,(H,20,23)(H,21,22,24). The molecule has 24 heavy (non-hydrogen) atoms. The SMILES string of the molecule is Cc1ccc(CCC(=O)NCCC(=O)Nc2cccc(C)n2)cc1. The highest BCUT2D eigenvalue weighted by Gasteiger charge is 2.06. The zero-order chi connectivity index (χ0) is 17.4. The predicted octanol–water partition coefficient (Wildman–Crippen LogP) is 2.78. The van der Waals surface area contributed by atoms with E-state index in [1.54, 1.807) is 6.07 Å². The maximum absolute atomic E-state index is 11.8. The summed E-state index contributed by atoms with van der Waals surface area (Å²) in [5.41, 5.74) is 3.19. The first-order valence-corrected chi connectivity index (χ1v) is 8.09. The zero-order valence-electron chi connectivity index (χ0n) is 14.1. The smallest absolute Gasteiger partial charge is 0.227 e. The molecule has 0 bridgehead atoms. The van der Waals surface area contributed by atoms with Gasteiger partial charge in [-0.3, -0.25) is 9.59 Å². The van der Waals surface area contributed by atoms with Gasteiger partial charge < -0.3 is 10.6 Å². The zero-order valence-corrected chi connectivity index (χ0v) is 14.1. The molecule has 1 aromatic carbocycles. The highest BCUT2D eigenvalue weighted by molar-refractivity contribution is 5.90. The van der Waals surface area contributed by atoms with E-state index in [0.717, 1.165) is 11.3 Å². The number of amides is 2. The lowest BCUT2D eigenvalue weighted by atomic mass is 10.1. The minimum absolute atomic E-state index is 0.0444. The van der Waals surface area contributed by atoms with Gasteiger partial charge in [0.25, 0.3) is 0 Å². The molecule has 0 unspecified atom stereocenters. The van der Waals surface area contributed by atoms with Crippen LogP contribution in [-0.4, -0.2) is 23.3 Å². The number of carbonyl (C=O) groups excluding carboxylic acids is 2. The van der Waals surface area contributed by atoms with Crippen LogP contribution in [0.5, 0.6) is 0 Å². The number of aryl methyl sites for hydroxylation is 3. The molecule has 1 aromatic heterocycles. The maximum Gasteiger partial charge on any atom is 0.227 e. The number of rotatable bonds is 7. The van der Waals surface area contributed by atoms with E-state index >= 15 is 0 Å². The lowest BCUT2D eigenvalue weighted by Gasteiger charge is -2.07. The molecule has 0 radical (unpaired) electrons. The van der Waals surface area contributed by atoms with Crippen LogP contribution in [0.1, 0.15) is 29.7 Å². The fourth-order valence-corrected chi connectivity index (χ4v) is 2.23. The largest absolute Gasteiger partial charge is 0.356 e. The highest BCUT2D eigenvalue weighted by Crippen LogP contribution is 2.06. The monoisotopic (exact) mass is 325 g/mol. The van der Waals surface area contributed by atoms with E-state index in [1.165, 1.54) is 5.56 Å². The van der Waals surface area contributed by atoms with Gasteiger partial charge in [0.15, 0.2) is 0 Å². The van der Waals surface area contributed by atoms with Crippen LogP contribution < -0.4 is 10.6 Å². The summed E-state index contributed by atoms with van der Waals surface area (Å²) in [4.78, 5) is 27.8. The van der Waals surface area contributed by atoms with Gasteiger partial charge >= 0.3 is 0 Å². The quantitative estimate of drug-likeness (QED) is 0.822. The second kappa shape index (κ2) is 8.82. The summed E-state index contributed by atoms with van der Waals surface area (Å²) in [5.74, 6) is 0.328. The summed E-state index contributed by atoms with van der Waals surface area (Å²) in [7, 11) is 0. The molecule has 0 fully saturated rings. The van der Waals surface area contributed by atoms with Gasteiger partial charge in [-0.25, -0.2) is 4.98 Å². The van der Waals surface area contributed by atoms with Crippen LogP contribution in [0.2, 0.25) is 0 Å². The number of nitrogens with zero attached hydrogens (tertiary/aromatic N) is 1. The molecule has 2 amide bonds. The highest BCUT2D eigenvalue weighted by atomic mass is 16.2. The Balaban J connectivity index is 1.65. The third kappa shape index (κ3) is 6.20. The number of carbonyl (C=O) groups is 2. The van der Waals surface area contributed by atoms with Gasteiger partial charge in [0.1, 0.15) is 5.82 Å². The third-order valence-corrected chi connectivity index (χ3v) is 3.59. The number of nitrogens with one attached hydrogen (secondary N) is 2. The van der Waals surface area contributed by atoms with E-state index in [2.05, 4.69) is 15.6 Å². The molecule has 0 saturated carbocycles. The average molecular weight is 325 g/mol. The van der Waals surface area contributed by atoms with E-state index in [4.69, 9.17) is 0 Å². The Morgan fingerprint density at radius 1 is 0.958 bits per heavy atom. The number of hydrogen-bond acceptors (Lipinski definition) is 3. The van der Waals surface area contributed by atoms with E-state index in [9.17, 15) is 9.59 Å². The lowest BCUT2D eigenvalue weighted by Crippen LogP contribution is -2.28. The second-order valence-corrected chi connectivity index (χ2v) is 5.80. The van der Waals surface area contributed by atoms with Crippen molar-refractivity contribution in [2.75, 3.05) is 11.9 Å². The minimum atomic E-state index is -0.160. The number of benzene rings is 1. The molecule has 2 aromatic rings. The molecular formula is C19H23N3O2. The van der Waals surface area contributed by atoms with Crippen LogP contribution in [0, 0.1) is 13.8 Å². The first-order valence-electron chi connectivity index (χ1n) is 8.09. The van der Waals surface area contributed by atoms with Crippen LogP contribution in [0.25, 0.3) is 0 Å². The maximum atomic E-state index is 11.8. The van der Waals surface area contributed by atoms with Gasteiger partial charge in [0.05, 0.1) is 0 Å². The van der Waals surface area contributed by atoms with Crippen LogP contribution >= 0.6 is 0 Å². The van der Waals surface area contributed by atoms with E-state index in [1.807, 2.05) is 50.2 Å². The number of aromatic nitrogens is 1. The average Bonchev–Trinajstić information content (AvgIpc) is 2.54. The summed E-state index contributed by atoms with van der Waals surface area (Å²) in [6.07, 6.45) is 1.35. The van der Waals surface area contributed by atoms with Crippen molar-refractivity contribution >= 4 is 17.6 Å². The second-order valence-electron chi connectivity index (χ2n) is 5.80. The molecule has 5 heteroatoms. The van der Waals surface area contributed by atoms with Gasteiger partial charge in [0.2, 0.25) is 11.8 Å². The van der Waals surface area contributed by atoms with Crippen molar-refractivity contribution in [2.45, 2.75) is 33.1 Å². The third-order valence-electron chi connectivity index (χ3n) is 3.59. The number of hydrogen-bond donors (Lipinski definition) is 2. The molecule has 1 heterocycles. The Kier molecular flexibility index (Phi) is 6.49. The van der Waals surface area contributed by atoms with Crippen molar-refractivity contribution < 1.29 is 9.59 Å². The minimum Gasteiger partial charge on any atom is -0.356 e. The van der Waals surface area contributed by atoms with Crippen molar-refractivity contribution in [3.63, 3.8) is 0 Å². The molecular weight excluding hydrogens is 302 g/mol. The first-order chi connectivity index (χ1) is 11.5. The summed E-state index contributed by atoms with van der Waals surface area (Å²) >= 11 is 0. The molecule has 0 aliphatic carbocycles. The summed E-state index contributed by atoms with van der Waals surface area (Å²) in [6.45, 7) is 4.22. The Morgan fingerprint density at radius 3 is 2.42 bits per heavy atom. The Morgan fingerprint density at radius 2 is 1.71 bits per heavy atom. The topological polar surface area (TPSA) is 71.1 Å². The first kappa shape index (κ1) is 17.7. The van der Waals surface area contributed by atoms with Crippen molar-refractivity contribution in [1.29, 1.82) is 0 Å². The molecule has 0 aliphatic rings. The molecule has 0 aliphatic heterocycles. The Hall–Kier alpha value is -2.69. The molecule has 5 nitrogen and oxygen atoms in total. The van der Waals surface area contributed by atoms with Gasteiger partial charge in [-0.15, -0.1) is 0 Å². The van der Waals surface area contributed by atoms with Gasteiger partial charge in [-0.2, -0.15) is 0 Å². The van der Waals surface area contributed by atoms with Crippen molar-refractivity contribution in [2.24, 2.45) is 0 Å². The summed E-state index contributed by atoms with van der Waals surface area (Å²) < 4.78 is 0. The fourth-order valence-electron chi connectivity index (χ4n) is 2.23. The van der Waals surface area contributed by atoms with E-state index in [-0.39, 0.29) is 18.2 Å². The molecule has 126 valence electrons. The van der Waals surface area contributed by atoms with E-state index in [0.29, 0.717) is 25.2 Å². The van der Waals surface area contributed by atoms with E-state index < -0.39 is 0 Å². The normalized spacial score (nSPS) is 10.2. The molecule has 2 rings (SSSR count). The number of anilines is 1. The molecule has 0 spiro atoms. The summed E-state index contributed by atoms with van der Waals surface area (Å²) in [6, 6.07) is 13.6. The predicted molar refractivity (Wildman–Crippen MR) is 94.7 cm³/mol. The van der Waals surface area contributed by atoms with Crippen LogP contribution in [-0.2, 0) is 16.0 Å². The van der Waals surface area contributed by atoms with Crippen LogP contribution in [0.15, 0.2) is 42.5 Å². The van der Waals surface area contributed by atoms with Gasteiger partial charge in [-0.05, 0) is 38.0 Å². The Labute approximate surface area is 142 Å². The number of pyridine rings is 1. The lowest BCUT2D eigenvalue weighted by molar-refractivity contribution is -0.121. The summed E-state index contributed by atoms with van der Waals surface area (Å²) in [5, 5.41) is 5.49. The molecule has 0 atom stereocenters. The van der Waals surface area contributed by atoms with Crippen molar-refractivity contribution in [1.82, 2.24) is 10.3 Å². The molecule has 2 N–H and O–H groups in total. The fraction of sp³-hybridized carbons (Fsp3) is 0.316. The van der Waals surface area contributed by atoms with Gasteiger partial charge in [-0.1, -0.05) is 35.9 Å². The van der Waals surface area contributed by atoms with Crippen molar-refractivity contribution in [3.8, 4) is 0 Å². The van der Waals surface area contributed by atoms with Crippen molar-refractivity contribution in [3.05, 3.63) is 59.3 Å². The van der Waals surface area contributed by atoms with Gasteiger partial charge in [0, 0.05) is 25.1 Å². The molecule has 0 saturated heterocycles. The Bertz CT molecular complexity index is 696. The van der Waals surface area contributed by atoms with Crippen LogP contribution in [0.3, 0.4) is 0 Å². The van der Waals surface area contributed by atoms with Crippen LogP contribution in [0.4, 0.5) is 5.82 Å².